The van der Waals surface area contributed by atoms with Crippen molar-refractivity contribution in [3.05, 3.63) is 29.8 Å². The molecule has 1 heterocycles. The molecule has 2 rings (SSSR count). The van der Waals surface area contributed by atoms with E-state index in [-0.39, 0.29) is 13.1 Å². The molecule has 0 saturated carbocycles. The maximum atomic E-state index is 12.1. The van der Waals surface area contributed by atoms with Gasteiger partial charge in [0, 0.05) is 13.1 Å². The second-order valence-electron chi connectivity index (χ2n) is 4.70. The summed E-state index contributed by atoms with van der Waals surface area (Å²) in [6.07, 6.45) is -0.516. The first-order valence-electron chi connectivity index (χ1n) is 5.69. The molecule has 0 atom stereocenters. The van der Waals surface area contributed by atoms with E-state index in [0.717, 1.165) is 5.56 Å². The van der Waals surface area contributed by atoms with Crippen LogP contribution in [0.3, 0.4) is 0 Å². The summed E-state index contributed by atoms with van der Waals surface area (Å²) in [7, 11) is -3.42. The van der Waals surface area contributed by atoms with Gasteiger partial charge in [0.2, 0.25) is 10.0 Å². The molecule has 0 spiro atoms. The number of hydrogen-bond acceptors (Lipinski definition) is 3. The van der Waals surface area contributed by atoms with E-state index in [4.69, 9.17) is 5.11 Å². The van der Waals surface area contributed by atoms with Gasteiger partial charge in [0.25, 0.3) is 0 Å². The third-order valence-electron chi connectivity index (χ3n) is 2.99. The lowest BCUT2D eigenvalue weighted by atomic mass is 10.0. The number of nitrogens with zero attached hydrogens (tertiary/aromatic N) is 1. The highest BCUT2D eigenvalue weighted by molar-refractivity contribution is 7.89. The van der Waals surface area contributed by atoms with Crippen LogP contribution in [-0.2, 0) is 10.0 Å². The first-order valence-corrected chi connectivity index (χ1v) is 7.13. The van der Waals surface area contributed by atoms with E-state index in [1.54, 1.807) is 18.2 Å². The molecule has 94 valence electrons. The van der Waals surface area contributed by atoms with Crippen LogP contribution >= 0.6 is 0 Å². The fraction of sp³-hybridized carbons (Fsp3) is 0.500. The summed E-state index contributed by atoms with van der Waals surface area (Å²) in [5.74, 6) is 0.298. The van der Waals surface area contributed by atoms with Crippen molar-refractivity contribution in [3.8, 4) is 0 Å². The zero-order valence-electron chi connectivity index (χ0n) is 10.00. The van der Waals surface area contributed by atoms with Gasteiger partial charge in [-0.25, -0.2) is 8.42 Å². The molecule has 1 aliphatic heterocycles. The van der Waals surface area contributed by atoms with E-state index in [9.17, 15) is 8.42 Å². The zero-order chi connectivity index (χ0) is 12.6. The molecule has 17 heavy (non-hydrogen) atoms. The summed E-state index contributed by atoms with van der Waals surface area (Å²) >= 11 is 0. The molecule has 1 aromatic carbocycles. The molecule has 4 nitrogen and oxygen atoms in total. The van der Waals surface area contributed by atoms with Gasteiger partial charge < -0.3 is 5.11 Å². The summed E-state index contributed by atoms with van der Waals surface area (Å²) in [6, 6.07) is 7.00. The Morgan fingerprint density at radius 1 is 1.35 bits per heavy atom. The minimum Gasteiger partial charge on any atom is -0.390 e. The largest absolute Gasteiger partial charge is 0.390 e. The third-order valence-corrected chi connectivity index (χ3v) is 4.82. The smallest absolute Gasteiger partial charge is 0.243 e. The Labute approximate surface area is 102 Å². The molecule has 1 saturated heterocycles. The van der Waals surface area contributed by atoms with Crippen LogP contribution in [0.1, 0.15) is 25.3 Å². The van der Waals surface area contributed by atoms with Crippen LogP contribution in [0.5, 0.6) is 0 Å². The van der Waals surface area contributed by atoms with Crippen molar-refractivity contribution >= 4 is 10.0 Å². The van der Waals surface area contributed by atoms with Crippen molar-refractivity contribution in [2.75, 3.05) is 13.1 Å². The highest BCUT2D eigenvalue weighted by Gasteiger charge is 2.35. The second kappa shape index (κ2) is 4.40. The molecule has 0 unspecified atom stereocenters. The minimum absolute atomic E-state index is 0.203. The Balaban J connectivity index is 2.30. The predicted molar refractivity (Wildman–Crippen MR) is 65.3 cm³/mol. The van der Waals surface area contributed by atoms with Crippen LogP contribution in [0.4, 0.5) is 0 Å². The van der Waals surface area contributed by atoms with Gasteiger partial charge in [-0.2, -0.15) is 4.31 Å². The van der Waals surface area contributed by atoms with Gasteiger partial charge in [0.05, 0.1) is 11.0 Å². The van der Waals surface area contributed by atoms with E-state index >= 15 is 0 Å². The predicted octanol–water partition coefficient (Wildman–Crippen LogP) is 1.18. The highest BCUT2D eigenvalue weighted by atomic mass is 32.2. The van der Waals surface area contributed by atoms with Gasteiger partial charge >= 0.3 is 0 Å². The number of sulfonamides is 1. The average Bonchev–Trinajstić information content (AvgIpc) is 2.25. The fourth-order valence-electron chi connectivity index (χ4n) is 1.80. The standard InChI is InChI=1S/C12H17NO3S/c1-9(2)10-4-3-5-12(6-10)17(15,16)13-7-11(14)8-13/h3-6,9,11,14H,7-8H2,1-2H3. The lowest BCUT2D eigenvalue weighted by molar-refractivity contribution is 0.0548. The molecule has 0 bridgehead atoms. The summed E-state index contributed by atoms with van der Waals surface area (Å²) in [5, 5.41) is 9.17. The van der Waals surface area contributed by atoms with Gasteiger partial charge in [-0.15, -0.1) is 0 Å². The van der Waals surface area contributed by atoms with Crippen LogP contribution in [0.25, 0.3) is 0 Å². The van der Waals surface area contributed by atoms with Crippen molar-refractivity contribution in [3.63, 3.8) is 0 Å². The fourth-order valence-corrected chi connectivity index (χ4v) is 3.37. The quantitative estimate of drug-likeness (QED) is 0.882. The lowest BCUT2D eigenvalue weighted by Gasteiger charge is -2.34. The number of benzene rings is 1. The van der Waals surface area contributed by atoms with E-state index in [2.05, 4.69) is 0 Å². The number of aliphatic hydroxyl groups excluding tert-OH is 1. The number of hydrogen-bond donors (Lipinski definition) is 1. The van der Waals surface area contributed by atoms with Gasteiger partial charge in [-0.05, 0) is 23.6 Å². The molecular weight excluding hydrogens is 238 g/mol. The molecule has 1 fully saturated rings. The molecule has 0 radical (unpaired) electrons. The van der Waals surface area contributed by atoms with E-state index < -0.39 is 16.1 Å². The highest BCUT2D eigenvalue weighted by Crippen LogP contribution is 2.24. The second-order valence-corrected chi connectivity index (χ2v) is 6.64. The van der Waals surface area contributed by atoms with Gasteiger partial charge in [0.1, 0.15) is 0 Å². The Morgan fingerprint density at radius 3 is 2.53 bits per heavy atom. The average molecular weight is 255 g/mol. The van der Waals surface area contributed by atoms with Crippen molar-refractivity contribution in [2.24, 2.45) is 0 Å². The van der Waals surface area contributed by atoms with E-state index in [1.807, 2.05) is 19.9 Å². The first kappa shape index (κ1) is 12.5. The van der Waals surface area contributed by atoms with Crippen molar-refractivity contribution in [1.82, 2.24) is 4.31 Å². The van der Waals surface area contributed by atoms with Crippen molar-refractivity contribution in [2.45, 2.75) is 30.8 Å². The maximum Gasteiger partial charge on any atom is 0.243 e. The van der Waals surface area contributed by atoms with Crippen LogP contribution in [0.15, 0.2) is 29.2 Å². The summed E-state index contributed by atoms with van der Waals surface area (Å²) < 4.78 is 25.6. The molecule has 1 aliphatic rings. The van der Waals surface area contributed by atoms with Gasteiger partial charge in [-0.1, -0.05) is 26.0 Å². The Morgan fingerprint density at radius 2 is 2.00 bits per heavy atom. The summed E-state index contributed by atoms with van der Waals surface area (Å²) in [6.45, 7) is 4.46. The van der Waals surface area contributed by atoms with E-state index in [0.29, 0.717) is 10.8 Å². The lowest BCUT2D eigenvalue weighted by Crippen LogP contribution is -2.53. The van der Waals surface area contributed by atoms with Gasteiger partial charge in [-0.3, -0.25) is 0 Å². The Kier molecular flexibility index (Phi) is 3.25. The third kappa shape index (κ3) is 2.36. The number of β-amino-alcohol motifs (C(OH)–C–C–N with tert-alkyl or cyclic N) is 1. The molecule has 1 aromatic rings. The summed E-state index contributed by atoms with van der Waals surface area (Å²) in [4.78, 5) is 0.315. The van der Waals surface area contributed by atoms with E-state index in [1.165, 1.54) is 4.31 Å². The van der Waals surface area contributed by atoms with Crippen LogP contribution in [-0.4, -0.2) is 37.0 Å². The van der Waals surface area contributed by atoms with Gasteiger partial charge in [0.15, 0.2) is 0 Å². The monoisotopic (exact) mass is 255 g/mol. The normalized spacial score (nSPS) is 18.4. The maximum absolute atomic E-state index is 12.1. The number of rotatable bonds is 3. The molecule has 0 aromatic heterocycles. The van der Waals surface area contributed by atoms with Crippen LogP contribution in [0.2, 0.25) is 0 Å². The topological polar surface area (TPSA) is 57.6 Å². The summed E-state index contributed by atoms with van der Waals surface area (Å²) in [5.41, 5.74) is 1.01. The molecule has 0 aliphatic carbocycles. The van der Waals surface area contributed by atoms with Crippen molar-refractivity contribution < 1.29 is 13.5 Å². The molecule has 5 heteroatoms. The van der Waals surface area contributed by atoms with Crippen LogP contribution in [0, 0.1) is 0 Å². The van der Waals surface area contributed by atoms with Crippen molar-refractivity contribution in [1.29, 1.82) is 0 Å². The zero-order valence-corrected chi connectivity index (χ0v) is 10.8. The number of aliphatic hydroxyl groups is 1. The first-order chi connectivity index (χ1) is 7.91. The Hall–Kier alpha value is -0.910. The SMILES string of the molecule is CC(C)c1cccc(S(=O)(=O)N2CC(O)C2)c1. The molecule has 0 amide bonds. The minimum atomic E-state index is -3.42. The molecular formula is C12H17NO3S. The molecule has 1 N–H and O–H groups in total. The van der Waals surface area contributed by atoms with Crippen LogP contribution < -0.4 is 0 Å². The Bertz CT molecular complexity index is 504.